The molecule has 0 radical (unpaired) electrons. The Morgan fingerprint density at radius 2 is 1.42 bits per heavy atom. The van der Waals surface area contributed by atoms with Crippen molar-refractivity contribution in [2.45, 2.75) is 4.90 Å². The zero-order valence-electron chi connectivity index (χ0n) is 13.3. The molecule has 0 saturated heterocycles. The Balaban J connectivity index is 2.01. The second-order valence-electron chi connectivity index (χ2n) is 5.18. The lowest BCUT2D eigenvalue weighted by Gasteiger charge is -2.06. The lowest BCUT2D eigenvalue weighted by Crippen LogP contribution is -2.01. The smallest absolute Gasteiger partial charge is 0.296 e. The number of aromatic nitrogens is 2. The molecule has 0 saturated carbocycles. The molecule has 5 N–H and O–H groups in total. The summed E-state index contributed by atoms with van der Waals surface area (Å²) in [6.07, 6.45) is 0. The van der Waals surface area contributed by atoms with Crippen molar-refractivity contribution < 1.29 is 13.0 Å². The van der Waals surface area contributed by atoms with E-state index >= 15 is 0 Å². The van der Waals surface area contributed by atoms with Crippen LogP contribution < -0.4 is 11.5 Å². The zero-order chi connectivity index (χ0) is 18.7. The van der Waals surface area contributed by atoms with Gasteiger partial charge in [-0.1, -0.05) is 42.5 Å². The SMILES string of the molecule is Nc1nc(-c2ccccc2)nc(N)c1N=Nc1ccccc1S(=O)(=O)O. The van der Waals surface area contributed by atoms with Gasteiger partial charge >= 0.3 is 0 Å². The van der Waals surface area contributed by atoms with Gasteiger partial charge in [0.1, 0.15) is 10.6 Å². The van der Waals surface area contributed by atoms with Gasteiger partial charge in [0.15, 0.2) is 23.1 Å². The van der Waals surface area contributed by atoms with Crippen LogP contribution in [-0.2, 0) is 10.1 Å². The first-order valence-corrected chi connectivity index (χ1v) is 8.77. The van der Waals surface area contributed by atoms with Crippen molar-refractivity contribution in [1.82, 2.24) is 9.97 Å². The Kier molecular flexibility index (Phi) is 4.61. The molecule has 0 amide bonds. The minimum Gasteiger partial charge on any atom is -0.382 e. The third-order valence-corrected chi connectivity index (χ3v) is 4.27. The van der Waals surface area contributed by atoms with E-state index in [1.54, 1.807) is 18.2 Å². The summed E-state index contributed by atoms with van der Waals surface area (Å²) in [5, 5.41) is 7.67. The third-order valence-electron chi connectivity index (χ3n) is 3.37. The van der Waals surface area contributed by atoms with Gasteiger partial charge in [-0.15, -0.1) is 10.2 Å². The van der Waals surface area contributed by atoms with Crippen LogP contribution in [0.2, 0.25) is 0 Å². The predicted molar refractivity (Wildman–Crippen MR) is 96.7 cm³/mol. The van der Waals surface area contributed by atoms with Crippen LogP contribution in [0.15, 0.2) is 69.7 Å². The molecule has 0 atom stereocenters. The first-order valence-electron chi connectivity index (χ1n) is 7.33. The van der Waals surface area contributed by atoms with Crippen molar-refractivity contribution in [2.75, 3.05) is 11.5 Å². The van der Waals surface area contributed by atoms with E-state index in [0.717, 1.165) is 5.56 Å². The largest absolute Gasteiger partial charge is 0.382 e. The van der Waals surface area contributed by atoms with Crippen LogP contribution in [0.1, 0.15) is 0 Å². The number of azo groups is 1. The average Bonchev–Trinajstić information content (AvgIpc) is 2.61. The van der Waals surface area contributed by atoms with Crippen LogP contribution in [0.25, 0.3) is 11.4 Å². The van der Waals surface area contributed by atoms with Gasteiger partial charge in [0, 0.05) is 5.56 Å². The molecule has 132 valence electrons. The molecule has 9 nitrogen and oxygen atoms in total. The molecular formula is C16H14N6O3S. The second kappa shape index (κ2) is 6.86. The Labute approximate surface area is 149 Å². The van der Waals surface area contributed by atoms with Gasteiger partial charge in [0.25, 0.3) is 10.1 Å². The molecule has 3 rings (SSSR count). The van der Waals surface area contributed by atoms with E-state index in [4.69, 9.17) is 11.5 Å². The maximum absolute atomic E-state index is 11.4. The fraction of sp³-hybridized carbons (Fsp3) is 0. The number of nitrogens with two attached hydrogens (primary N) is 2. The number of hydrogen-bond acceptors (Lipinski definition) is 8. The van der Waals surface area contributed by atoms with Crippen LogP contribution in [0.5, 0.6) is 0 Å². The second-order valence-corrected chi connectivity index (χ2v) is 6.57. The lowest BCUT2D eigenvalue weighted by molar-refractivity contribution is 0.483. The molecule has 0 bridgehead atoms. The van der Waals surface area contributed by atoms with Gasteiger partial charge in [-0.25, -0.2) is 9.97 Å². The minimum atomic E-state index is -4.45. The number of nitrogen functional groups attached to an aromatic ring is 2. The Bertz CT molecular complexity index is 1060. The summed E-state index contributed by atoms with van der Waals surface area (Å²) in [6, 6.07) is 14.7. The van der Waals surface area contributed by atoms with Crippen molar-refractivity contribution in [3.05, 3.63) is 54.6 Å². The summed E-state index contributed by atoms with van der Waals surface area (Å²) in [7, 11) is -4.45. The van der Waals surface area contributed by atoms with Crippen molar-refractivity contribution >= 4 is 33.1 Å². The normalized spacial score (nSPS) is 11.7. The van der Waals surface area contributed by atoms with E-state index in [1.165, 1.54) is 18.2 Å². The molecule has 0 fully saturated rings. The first kappa shape index (κ1) is 17.5. The van der Waals surface area contributed by atoms with Crippen molar-refractivity contribution in [2.24, 2.45) is 10.2 Å². The quantitative estimate of drug-likeness (QED) is 0.470. The van der Waals surface area contributed by atoms with Gasteiger partial charge in [-0.2, -0.15) is 8.42 Å². The van der Waals surface area contributed by atoms with Crippen molar-refractivity contribution in [1.29, 1.82) is 0 Å². The highest BCUT2D eigenvalue weighted by molar-refractivity contribution is 7.86. The summed E-state index contributed by atoms with van der Waals surface area (Å²) in [6.45, 7) is 0. The third kappa shape index (κ3) is 3.66. The maximum atomic E-state index is 11.4. The number of hydrogen-bond donors (Lipinski definition) is 3. The van der Waals surface area contributed by atoms with Gasteiger partial charge in [-0.3, -0.25) is 4.55 Å². The fourth-order valence-corrected chi connectivity index (χ4v) is 2.79. The molecule has 10 heteroatoms. The maximum Gasteiger partial charge on any atom is 0.296 e. The molecule has 1 heterocycles. The van der Waals surface area contributed by atoms with Crippen LogP contribution in [0.4, 0.5) is 23.0 Å². The van der Waals surface area contributed by atoms with E-state index in [1.807, 2.05) is 18.2 Å². The molecular weight excluding hydrogens is 356 g/mol. The summed E-state index contributed by atoms with van der Waals surface area (Å²) < 4.78 is 32.0. The van der Waals surface area contributed by atoms with E-state index in [-0.39, 0.29) is 27.9 Å². The van der Waals surface area contributed by atoms with E-state index < -0.39 is 10.1 Å². The van der Waals surface area contributed by atoms with Gasteiger partial charge < -0.3 is 11.5 Å². The van der Waals surface area contributed by atoms with E-state index in [0.29, 0.717) is 5.82 Å². The summed E-state index contributed by atoms with van der Waals surface area (Å²) in [4.78, 5) is 7.92. The standard InChI is InChI=1S/C16H14N6O3S/c17-14-13(15(18)20-16(19-14)10-6-2-1-3-7-10)22-21-11-8-4-5-9-12(11)26(23,24)25/h1-9H,(H,23,24,25)(H4,17,18,19,20). The van der Waals surface area contributed by atoms with Crippen LogP contribution >= 0.6 is 0 Å². The monoisotopic (exact) mass is 370 g/mol. The highest BCUT2D eigenvalue weighted by Gasteiger charge is 2.15. The highest BCUT2D eigenvalue weighted by Crippen LogP contribution is 2.32. The lowest BCUT2D eigenvalue weighted by atomic mass is 10.2. The van der Waals surface area contributed by atoms with Gasteiger partial charge in [-0.05, 0) is 12.1 Å². The molecule has 0 aliphatic rings. The van der Waals surface area contributed by atoms with E-state index in [2.05, 4.69) is 20.2 Å². The molecule has 26 heavy (non-hydrogen) atoms. The molecule has 0 unspecified atom stereocenters. The molecule has 3 aromatic rings. The zero-order valence-corrected chi connectivity index (χ0v) is 14.1. The average molecular weight is 370 g/mol. The number of nitrogens with zero attached hydrogens (tertiary/aromatic N) is 4. The van der Waals surface area contributed by atoms with Crippen LogP contribution in [0, 0.1) is 0 Å². The van der Waals surface area contributed by atoms with Gasteiger partial charge in [0.05, 0.1) is 0 Å². The van der Waals surface area contributed by atoms with Crippen LogP contribution in [-0.4, -0.2) is 22.9 Å². The van der Waals surface area contributed by atoms with E-state index in [9.17, 15) is 13.0 Å². The van der Waals surface area contributed by atoms with Crippen molar-refractivity contribution in [3.63, 3.8) is 0 Å². The Morgan fingerprint density at radius 3 is 2.04 bits per heavy atom. The summed E-state index contributed by atoms with van der Waals surface area (Å²) in [5.41, 5.74) is 12.5. The van der Waals surface area contributed by atoms with Crippen molar-refractivity contribution in [3.8, 4) is 11.4 Å². The summed E-state index contributed by atoms with van der Waals surface area (Å²) >= 11 is 0. The first-order chi connectivity index (χ1) is 12.4. The molecule has 2 aromatic carbocycles. The highest BCUT2D eigenvalue weighted by atomic mass is 32.2. The molecule has 1 aromatic heterocycles. The Hall–Kier alpha value is -3.37. The minimum absolute atomic E-state index is 0.00909. The number of rotatable bonds is 4. The fourth-order valence-electron chi connectivity index (χ4n) is 2.17. The summed E-state index contributed by atoms with van der Waals surface area (Å²) in [5.74, 6) is 0.312. The van der Waals surface area contributed by atoms with Crippen LogP contribution in [0.3, 0.4) is 0 Å². The molecule has 0 aliphatic carbocycles. The topological polar surface area (TPSA) is 157 Å². The number of anilines is 2. The molecule has 0 aliphatic heterocycles. The molecule has 0 spiro atoms. The van der Waals surface area contributed by atoms with Gasteiger partial charge in [0.2, 0.25) is 0 Å². The predicted octanol–water partition coefficient (Wildman–Crippen LogP) is 2.97. The number of benzene rings is 2. The Morgan fingerprint density at radius 1 is 0.846 bits per heavy atom.